The molecule has 0 amide bonds. The largest absolute Gasteiger partial charge is 0.478 e. The lowest BCUT2D eigenvalue weighted by molar-refractivity contribution is -0.159. The molecule has 2 aromatic heterocycles. The Kier molecular flexibility index (Phi) is 5.02. The van der Waals surface area contributed by atoms with Gasteiger partial charge >= 0.3 is 11.9 Å². The van der Waals surface area contributed by atoms with E-state index in [-0.39, 0.29) is 11.8 Å². The van der Waals surface area contributed by atoms with E-state index in [0.29, 0.717) is 27.7 Å². The highest BCUT2D eigenvalue weighted by Gasteiger charge is 2.31. The molecule has 4 aromatic rings. The molecule has 0 aliphatic heterocycles. The van der Waals surface area contributed by atoms with E-state index in [1.54, 1.807) is 24.4 Å². The third-order valence-corrected chi connectivity index (χ3v) is 4.94. The Morgan fingerprint density at radius 3 is 2.39 bits per heavy atom. The average molecular weight is 423 g/mol. The second-order valence-corrected chi connectivity index (χ2v) is 7.37. The van der Waals surface area contributed by atoms with Crippen molar-refractivity contribution < 1.29 is 28.9 Å². The number of fused-ring (bicyclic) bond motifs is 2. The first-order valence-corrected chi connectivity index (χ1v) is 9.45. The fraction of sp³-hybridized carbons (Fsp3) is 0.182. The number of nitrogens with one attached hydrogen (secondary N) is 1. The zero-order chi connectivity index (χ0) is 22.3. The van der Waals surface area contributed by atoms with Gasteiger partial charge in [0.2, 0.25) is 5.88 Å². The van der Waals surface area contributed by atoms with Crippen LogP contribution in [0.1, 0.15) is 25.3 Å². The Balaban J connectivity index is 2.08. The van der Waals surface area contributed by atoms with Gasteiger partial charge in [0.1, 0.15) is 5.82 Å². The van der Waals surface area contributed by atoms with Crippen molar-refractivity contribution in [2.45, 2.75) is 25.9 Å². The summed E-state index contributed by atoms with van der Waals surface area (Å²) in [5.41, 5.74) is 2.99. The van der Waals surface area contributed by atoms with Crippen molar-refractivity contribution in [3.8, 4) is 17.0 Å². The van der Waals surface area contributed by atoms with Gasteiger partial charge in [-0.2, -0.15) is 5.10 Å². The van der Waals surface area contributed by atoms with Crippen molar-refractivity contribution in [1.29, 1.82) is 0 Å². The van der Waals surface area contributed by atoms with Crippen molar-refractivity contribution in [1.82, 2.24) is 15.2 Å². The Labute approximate surface area is 175 Å². The zero-order valence-corrected chi connectivity index (χ0v) is 16.6. The van der Waals surface area contributed by atoms with Crippen LogP contribution >= 0.6 is 0 Å². The molecule has 0 bridgehead atoms. The van der Waals surface area contributed by atoms with Gasteiger partial charge in [0, 0.05) is 16.3 Å². The number of nitrogens with zero attached hydrogens (tertiary/aromatic N) is 2. The van der Waals surface area contributed by atoms with Crippen LogP contribution in [-0.2, 0) is 9.59 Å². The Hall–Kier alpha value is -4.01. The average Bonchev–Trinajstić information content (AvgIpc) is 3.16. The van der Waals surface area contributed by atoms with E-state index in [4.69, 9.17) is 4.74 Å². The number of halogens is 1. The maximum atomic E-state index is 13.6. The smallest absolute Gasteiger partial charge is 0.356 e. The second-order valence-electron chi connectivity index (χ2n) is 7.37. The number of ether oxygens (including phenoxy) is 1. The third-order valence-electron chi connectivity index (χ3n) is 4.94. The number of pyridine rings is 1. The van der Waals surface area contributed by atoms with Crippen LogP contribution in [0.25, 0.3) is 32.9 Å². The number of hydrogen-bond donors (Lipinski definition) is 3. The first-order chi connectivity index (χ1) is 14.8. The lowest BCUT2D eigenvalue weighted by Gasteiger charge is -2.21. The highest BCUT2D eigenvalue weighted by molar-refractivity contribution is 6.04. The van der Waals surface area contributed by atoms with E-state index in [9.17, 15) is 24.2 Å². The summed E-state index contributed by atoms with van der Waals surface area (Å²) in [4.78, 5) is 27.3. The molecule has 0 fully saturated rings. The predicted octanol–water partition coefficient (Wildman–Crippen LogP) is 3.96. The number of aliphatic carboxylic acids is 2. The molecule has 158 valence electrons. The molecule has 31 heavy (non-hydrogen) atoms. The first kappa shape index (κ1) is 20.3. The van der Waals surface area contributed by atoms with Crippen LogP contribution in [0.4, 0.5) is 4.39 Å². The summed E-state index contributed by atoms with van der Waals surface area (Å²) in [6.45, 7) is 3.71. The molecule has 0 saturated carbocycles. The molecule has 8 nitrogen and oxygen atoms in total. The van der Waals surface area contributed by atoms with Gasteiger partial charge in [-0.15, -0.1) is 0 Å². The number of aromatic amines is 1. The van der Waals surface area contributed by atoms with E-state index in [1.165, 1.54) is 12.1 Å². The minimum Gasteiger partial charge on any atom is -0.478 e. The number of carbonyl (C=O) groups is 2. The topological polar surface area (TPSA) is 125 Å². The molecule has 0 atom stereocenters. The molecule has 2 heterocycles. The normalized spacial score (nSPS) is 11.5. The predicted molar refractivity (Wildman–Crippen MR) is 111 cm³/mol. The van der Waals surface area contributed by atoms with E-state index in [0.717, 1.165) is 10.8 Å². The summed E-state index contributed by atoms with van der Waals surface area (Å²) >= 11 is 0. The van der Waals surface area contributed by atoms with Gasteiger partial charge in [-0.25, -0.2) is 19.0 Å². The number of rotatable bonds is 6. The Bertz CT molecular complexity index is 1300. The highest BCUT2D eigenvalue weighted by atomic mass is 19.1. The molecule has 4 rings (SSSR count). The summed E-state index contributed by atoms with van der Waals surface area (Å²) in [7, 11) is 0. The summed E-state index contributed by atoms with van der Waals surface area (Å²) in [5.74, 6) is -4.00. The lowest BCUT2D eigenvalue weighted by Crippen LogP contribution is -2.36. The van der Waals surface area contributed by atoms with E-state index >= 15 is 0 Å². The molecular formula is C22H18FN3O5. The molecule has 0 radical (unpaired) electrons. The molecule has 0 spiro atoms. The molecular weight excluding hydrogens is 405 g/mol. The number of carboxylic acid groups (broad SMARTS) is 2. The van der Waals surface area contributed by atoms with Crippen LogP contribution in [0.3, 0.4) is 0 Å². The molecule has 0 aliphatic carbocycles. The van der Waals surface area contributed by atoms with Gasteiger partial charge < -0.3 is 14.9 Å². The minimum absolute atomic E-state index is 0.101. The maximum absolute atomic E-state index is 13.6. The maximum Gasteiger partial charge on any atom is 0.356 e. The van der Waals surface area contributed by atoms with Gasteiger partial charge in [-0.1, -0.05) is 26.0 Å². The first-order valence-electron chi connectivity index (χ1n) is 9.45. The molecule has 9 heteroatoms. The molecule has 0 aliphatic rings. The number of carboxylic acids is 2. The quantitative estimate of drug-likeness (QED) is 0.401. The summed E-state index contributed by atoms with van der Waals surface area (Å²) in [6, 6.07) is 9.44. The van der Waals surface area contributed by atoms with E-state index in [2.05, 4.69) is 15.2 Å². The summed E-state index contributed by atoms with van der Waals surface area (Å²) in [5, 5.41) is 27.0. The minimum atomic E-state index is -2.13. The van der Waals surface area contributed by atoms with Crippen LogP contribution in [0.5, 0.6) is 5.88 Å². The van der Waals surface area contributed by atoms with E-state index in [1.807, 2.05) is 19.9 Å². The van der Waals surface area contributed by atoms with Gasteiger partial charge in [-0.3, -0.25) is 5.10 Å². The second kappa shape index (κ2) is 7.67. The number of aromatic nitrogens is 3. The SMILES string of the molecule is CC(C)c1c(OC(C(=O)O)C(=O)O)nc2cc3[nH]ncc3cc2c1-c1ccc(F)cc1. The summed E-state index contributed by atoms with van der Waals surface area (Å²) in [6.07, 6.45) is -0.465. The van der Waals surface area contributed by atoms with Crippen LogP contribution in [-0.4, -0.2) is 43.4 Å². The number of benzene rings is 2. The van der Waals surface area contributed by atoms with Crippen molar-refractivity contribution >= 4 is 33.7 Å². The molecule has 0 unspecified atom stereocenters. The summed E-state index contributed by atoms with van der Waals surface area (Å²) < 4.78 is 19.0. The van der Waals surface area contributed by atoms with Gasteiger partial charge in [-0.05, 0) is 41.3 Å². The van der Waals surface area contributed by atoms with Crippen molar-refractivity contribution in [2.24, 2.45) is 0 Å². The van der Waals surface area contributed by atoms with Crippen LogP contribution in [0.2, 0.25) is 0 Å². The monoisotopic (exact) mass is 423 g/mol. The molecule has 2 aromatic carbocycles. The van der Waals surface area contributed by atoms with Crippen molar-refractivity contribution in [2.75, 3.05) is 0 Å². The third kappa shape index (κ3) is 3.65. The van der Waals surface area contributed by atoms with E-state index < -0.39 is 23.9 Å². The Morgan fingerprint density at radius 1 is 1.10 bits per heavy atom. The van der Waals surface area contributed by atoms with Gasteiger partial charge in [0.15, 0.2) is 0 Å². The van der Waals surface area contributed by atoms with Crippen LogP contribution in [0, 0.1) is 5.82 Å². The molecule has 0 saturated heterocycles. The van der Waals surface area contributed by atoms with Crippen molar-refractivity contribution in [3.05, 3.63) is 54.0 Å². The standard InChI is InChI=1S/C22H18FN3O5/c1-10(2)17-18(11-3-5-13(23)6-4-11)14-7-12-9-24-26-15(12)8-16(14)25-20(17)31-19(21(27)28)22(29)30/h3-10,19H,1-2H3,(H,24,26)(H,27,28)(H,29,30). The molecule has 3 N–H and O–H groups in total. The van der Waals surface area contributed by atoms with Crippen LogP contribution in [0.15, 0.2) is 42.6 Å². The lowest BCUT2D eigenvalue weighted by atomic mass is 9.90. The Morgan fingerprint density at radius 2 is 1.77 bits per heavy atom. The number of H-pyrrole nitrogens is 1. The fourth-order valence-corrected chi connectivity index (χ4v) is 3.57. The van der Waals surface area contributed by atoms with Crippen LogP contribution < -0.4 is 4.74 Å². The number of hydrogen-bond acceptors (Lipinski definition) is 5. The van der Waals surface area contributed by atoms with Gasteiger partial charge in [0.05, 0.1) is 17.2 Å². The van der Waals surface area contributed by atoms with Gasteiger partial charge in [0.25, 0.3) is 6.10 Å². The zero-order valence-electron chi connectivity index (χ0n) is 16.6. The fourth-order valence-electron chi connectivity index (χ4n) is 3.57. The van der Waals surface area contributed by atoms with Crippen molar-refractivity contribution in [3.63, 3.8) is 0 Å². The highest BCUT2D eigenvalue weighted by Crippen LogP contribution is 2.41.